The first-order valence-electron chi connectivity index (χ1n) is 8.87. The summed E-state index contributed by atoms with van der Waals surface area (Å²) < 4.78 is 27.3. The topological polar surface area (TPSA) is 129 Å². The number of aromatic nitrogens is 6. The Kier molecular flexibility index (Phi) is 5.24. The van der Waals surface area contributed by atoms with Gasteiger partial charge in [-0.3, -0.25) is 4.90 Å². The van der Waals surface area contributed by atoms with E-state index in [1.165, 1.54) is 41.5 Å². The van der Waals surface area contributed by atoms with Crippen molar-refractivity contribution in [1.82, 2.24) is 35.1 Å². The summed E-state index contributed by atoms with van der Waals surface area (Å²) in [4.78, 5) is 28.4. The van der Waals surface area contributed by atoms with Crippen molar-refractivity contribution in [3.05, 3.63) is 48.6 Å². The molecule has 1 unspecified atom stereocenters. The summed E-state index contributed by atoms with van der Waals surface area (Å²) in [5, 5.41) is 14.4. The molecule has 1 aliphatic heterocycles. The minimum atomic E-state index is -0.630. The molecule has 13 heteroatoms. The molecule has 0 aliphatic carbocycles. The molecule has 2 amide bonds. The number of hydrogen-bond donors (Lipinski definition) is 1. The molecule has 4 rings (SSSR count). The molecule has 12 nitrogen and oxygen atoms in total. The molecule has 1 saturated heterocycles. The number of hydrogen-bond acceptors (Lipinski definition) is 8. The van der Waals surface area contributed by atoms with Gasteiger partial charge in [0.25, 0.3) is 0 Å². The van der Waals surface area contributed by atoms with E-state index in [1.807, 2.05) is 0 Å². The minimum absolute atomic E-state index is 0.0863. The second kappa shape index (κ2) is 8.14. The van der Waals surface area contributed by atoms with Crippen molar-refractivity contribution in [2.75, 3.05) is 25.1 Å². The van der Waals surface area contributed by atoms with Crippen LogP contribution in [0.1, 0.15) is 5.69 Å². The van der Waals surface area contributed by atoms with Crippen molar-refractivity contribution in [3.8, 4) is 5.69 Å². The Labute approximate surface area is 169 Å². The lowest BCUT2D eigenvalue weighted by atomic mass is 10.2. The van der Waals surface area contributed by atoms with E-state index in [-0.39, 0.29) is 18.8 Å². The fourth-order valence-corrected chi connectivity index (χ4v) is 2.93. The summed E-state index contributed by atoms with van der Waals surface area (Å²) in [7, 11) is 1.24. The predicted molar refractivity (Wildman–Crippen MR) is 98.5 cm³/mol. The lowest BCUT2D eigenvalue weighted by Crippen LogP contribution is -2.34. The molecule has 0 spiro atoms. The van der Waals surface area contributed by atoms with E-state index in [9.17, 15) is 14.0 Å². The van der Waals surface area contributed by atoms with Crippen molar-refractivity contribution in [1.29, 1.82) is 0 Å². The quantitative estimate of drug-likeness (QED) is 0.623. The Morgan fingerprint density at radius 3 is 3.03 bits per heavy atom. The Balaban J connectivity index is 1.45. The van der Waals surface area contributed by atoms with Crippen LogP contribution in [0.25, 0.3) is 5.69 Å². The minimum Gasteiger partial charge on any atom is -0.453 e. The Hall–Kier alpha value is -4.03. The highest BCUT2D eigenvalue weighted by Crippen LogP contribution is 2.25. The van der Waals surface area contributed by atoms with Crippen LogP contribution in [0.5, 0.6) is 0 Å². The van der Waals surface area contributed by atoms with Gasteiger partial charge in [-0.25, -0.2) is 28.3 Å². The summed E-state index contributed by atoms with van der Waals surface area (Å²) in [5.74, 6) is -0.589. The van der Waals surface area contributed by atoms with Gasteiger partial charge in [0.1, 0.15) is 30.1 Å². The molecule has 1 atom stereocenters. The Morgan fingerprint density at radius 2 is 2.30 bits per heavy atom. The highest BCUT2D eigenvalue weighted by molar-refractivity contribution is 5.90. The number of alkyl carbamates (subject to hydrolysis) is 1. The molecular formula is C17H17FN8O4. The number of anilines is 1. The van der Waals surface area contributed by atoms with Crippen LogP contribution in [0.2, 0.25) is 0 Å². The maximum atomic E-state index is 14.7. The predicted octanol–water partition coefficient (Wildman–Crippen LogP) is 0.727. The van der Waals surface area contributed by atoms with Gasteiger partial charge in [0.2, 0.25) is 0 Å². The molecule has 0 radical (unpaired) electrons. The molecule has 0 saturated carbocycles. The maximum absolute atomic E-state index is 14.7. The number of nitrogens with zero attached hydrogens (tertiary/aromatic N) is 7. The summed E-state index contributed by atoms with van der Waals surface area (Å²) in [6, 6.07) is 4.28. The fraction of sp³-hybridized carbons (Fsp3) is 0.294. The molecule has 3 heterocycles. The van der Waals surface area contributed by atoms with Crippen molar-refractivity contribution >= 4 is 17.9 Å². The molecule has 1 fully saturated rings. The maximum Gasteiger partial charge on any atom is 0.414 e. The number of halogens is 1. The smallest absolute Gasteiger partial charge is 0.414 e. The SMILES string of the molecule is COC(=O)NCC1CN(c2ccc(-n3cc(Cn4cncn4)nn3)c(F)c2)C(=O)O1. The molecule has 0 bridgehead atoms. The third kappa shape index (κ3) is 4.04. The molecule has 30 heavy (non-hydrogen) atoms. The van der Waals surface area contributed by atoms with Gasteiger partial charge in [0.05, 0.1) is 38.6 Å². The number of carbonyl (C=O) groups excluding carboxylic acids is 2. The average Bonchev–Trinajstić information content (AvgIpc) is 3.48. The van der Waals surface area contributed by atoms with Crippen LogP contribution in [0.4, 0.5) is 19.7 Å². The standard InChI is InChI=1S/C17H17FN8O4/c1-29-16(27)20-5-13-8-25(17(28)30-13)12-2-3-15(14(18)4-12)26-7-11(22-23-26)6-24-10-19-9-21-24/h2-4,7,9-10,13H,5-6,8H2,1H3,(H,20,27). The van der Waals surface area contributed by atoms with Crippen LogP contribution in [-0.2, 0) is 16.0 Å². The molecular weight excluding hydrogens is 399 g/mol. The van der Waals surface area contributed by atoms with E-state index < -0.39 is 24.1 Å². The monoisotopic (exact) mass is 416 g/mol. The third-order valence-electron chi connectivity index (χ3n) is 4.35. The highest BCUT2D eigenvalue weighted by atomic mass is 19.1. The van der Waals surface area contributed by atoms with Crippen LogP contribution in [0.15, 0.2) is 37.1 Å². The lowest BCUT2D eigenvalue weighted by Gasteiger charge is -2.14. The van der Waals surface area contributed by atoms with Crippen molar-refractivity contribution in [2.45, 2.75) is 12.6 Å². The molecule has 1 aromatic carbocycles. The van der Waals surface area contributed by atoms with Gasteiger partial charge in [0.15, 0.2) is 5.82 Å². The van der Waals surface area contributed by atoms with Gasteiger partial charge >= 0.3 is 12.2 Å². The summed E-state index contributed by atoms with van der Waals surface area (Å²) in [5.41, 5.74) is 1.07. The van der Waals surface area contributed by atoms with E-state index in [4.69, 9.17) is 4.74 Å². The number of ether oxygens (including phenoxy) is 2. The van der Waals surface area contributed by atoms with E-state index >= 15 is 0 Å². The van der Waals surface area contributed by atoms with Gasteiger partial charge < -0.3 is 14.8 Å². The number of methoxy groups -OCH3 is 1. The molecule has 3 aromatic rings. The highest BCUT2D eigenvalue weighted by Gasteiger charge is 2.33. The van der Waals surface area contributed by atoms with Gasteiger partial charge in [-0.2, -0.15) is 5.10 Å². The summed E-state index contributed by atoms with van der Waals surface area (Å²) >= 11 is 0. The van der Waals surface area contributed by atoms with Gasteiger partial charge in [0, 0.05) is 0 Å². The van der Waals surface area contributed by atoms with E-state index in [2.05, 4.69) is 30.4 Å². The van der Waals surface area contributed by atoms with E-state index in [0.29, 0.717) is 17.9 Å². The van der Waals surface area contributed by atoms with Crippen molar-refractivity contribution in [2.24, 2.45) is 0 Å². The van der Waals surface area contributed by atoms with Crippen molar-refractivity contribution in [3.63, 3.8) is 0 Å². The van der Waals surface area contributed by atoms with E-state index in [0.717, 1.165) is 0 Å². The van der Waals surface area contributed by atoms with Crippen LogP contribution >= 0.6 is 0 Å². The molecule has 156 valence electrons. The largest absolute Gasteiger partial charge is 0.453 e. The number of nitrogens with one attached hydrogen (secondary N) is 1. The number of benzene rings is 1. The first-order valence-corrected chi connectivity index (χ1v) is 8.87. The number of cyclic esters (lactones) is 1. The fourth-order valence-electron chi connectivity index (χ4n) is 2.93. The van der Waals surface area contributed by atoms with Gasteiger partial charge in [-0.1, -0.05) is 5.21 Å². The lowest BCUT2D eigenvalue weighted by molar-refractivity contribution is 0.132. The van der Waals surface area contributed by atoms with Crippen LogP contribution < -0.4 is 10.2 Å². The third-order valence-corrected chi connectivity index (χ3v) is 4.35. The first-order chi connectivity index (χ1) is 14.5. The number of rotatable bonds is 6. The van der Waals surface area contributed by atoms with Gasteiger partial charge in [-0.05, 0) is 18.2 Å². The van der Waals surface area contributed by atoms with Crippen LogP contribution in [-0.4, -0.2) is 68.2 Å². The first kappa shape index (κ1) is 19.3. The zero-order valence-corrected chi connectivity index (χ0v) is 15.8. The Bertz CT molecular complexity index is 1050. The van der Waals surface area contributed by atoms with Gasteiger partial charge in [-0.15, -0.1) is 5.10 Å². The Morgan fingerprint density at radius 1 is 1.43 bits per heavy atom. The summed E-state index contributed by atoms with van der Waals surface area (Å²) in [6.07, 6.45) is 2.69. The average molecular weight is 416 g/mol. The van der Waals surface area contributed by atoms with Crippen LogP contribution in [0.3, 0.4) is 0 Å². The second-order valence-electron chi connectivity index (χ2n) is 6.37. The van der Waals surface area contributed by atoms with E-state index in [1.54, 1.807) is 16.9 Å². The van der Waals surface area contributed by atoms with Crippen molar-refractivity contribution < 1.29 is 23.5 Å². The number of amides is 2. The number of carbonyl (C=O) groups is 2. The molecule has 1 N–H and O–H groups in total. The zero-order chi connectivity index (χ0) is 21.1. The normalized spacial score (nSPS) is 15.9. The van der Waals surface area contributed by atoms with Crippen LogP contribution in [0, 0.1) is 5.82 Å². The summed E-state index contributed by atoms with van der Waals surface area (Å²) in [6.45, 7) is 0.594. The zero-order valence-electron chi connectivity index (χ0n) is 15.8. The molecule has 1 aliphatic rings. The molecule has 2 aromatic heterocycles. The second-order valence-corrected chi connectivity index (χ2v) is 6.37.